The Morgan fingerprint density at radius 1 is 1.28 bits per heavy atom. The molecule has 1 aromatic rings. The number of nitrogens with one attached hydrogen (secondary N) is 1. The van der Waals surface area contributed by atoms with Crippen LogP contribution in [0.1, 0.15) is 24.2 Å². The maximum Gasteiger partial charge on any atom is 0.257 e. The Morgan fingerprint density at radius 2 is 1.78 bits per heavy atom. The Kier molecular flexibility index (Phi) is 4.72. The van der Waals surface area contributed by atoms with E-state index in [-0.39, 0.29) is 12.0 Å². The minimum Gasteiger partial charge on any atom is -0.349 e. The molecule has 6 heteroatoms. The molecule has 1 aromatic carbocycles. The van der Waals surface area contributed by atoms with Crippen LogP contribution in [0.15, 0.2) is 12.1 Å². The summed E-state index contributed by atoms with van der Waals surface area (Å²) in [7, 11) is 0. The zero-order valence-electron chi connectivity index (χ0n) is 10.1. The average Bonchev–Trinajstić information content (AvgIpc) is 2.26. The lowest BCUT2D eigenvalue weighted by Crippen LogP contribution is -2.40. The number of benzene rings is 1. The lowest BCUT2D eigenvalue weighted by molar-refractivity contribution is 0.0921. The van der Waals surface area contributed by atoms with Crippen LogP contribution in [-0.2, 0) is 0 Å². The highest BCUT2D eigenvalue weighted by Crippen LogP contribution is 2.15. The Hall–Kier alpha value is -1.56. The summed E-state index contributed by atoms with van der Waals surface area (Å²) in [6, 6.07) is 0.593. The molecule has 0 aliphatic carbocycles. The van der Waals surface area contributed by atoms with Crippen molar-refractivity contribution in [3.05, 3.63) is 35.1 Å². The summed E-state index contributed by atoms with van der Waals surface area (Å²) in [6.45, 7) is 3.80. The first kappa shape index (κ1) is 14.5. The smallest absolute Gasteiger partial charge is 0.257 e. The van der Waals surface area contributed by atoms with Gasteiger partial charge >= 0.3 is 0 Å². The van der Waals surface area contributed by atoms with Crippen molar-refractivity contribution >= 4 is 5.91 Å². The summed E-state index contributed by atoms with van der Waals surface area (Å²) in [5.41, 5.74) is 4.63. The molecule has 0 aliphatic rings. The van der Waals surface area contributed by atoms with E-state index in [1.165, 1.54) is 0 Å². The van der Waals surface area contributed by atoms with Crippen LogP contribution < -0.4 is 11.1 Å². The molecule has 0 heterocycles. The number of nitrogens with two attached hydrogens (primary N) is 1. The highest BCUT2D eigenvalue weighted by molar-refractivity contribution is 5.94. The number of hydrogen-bond donors (Lipinski definition) is 2. The first-order valence-electron chi connectivity index (χ1n) is 5.52. The van der Waals surface area contributed by atoms with Crippen molar-refractivity contribution in [3.8, 4) is 0 Å². The SMILES string of the molecule is CC(CN)C(C)NC(=O)c1c(F)cc(F)cc1F. The molecule has 1 rings (SSSR count). The highest BCUT2D eigenvalue weighted by atomic mass is 19.1. The normalized spacial score (nSPS) is 14.1. The zero-order valence-corrected chi connectivity index (χ0v) is 10.1. The quantitative estimate of drug-likeness (QED) is 0.867. The molecular formula is C12H15F3N2O. The summed E-state index contributed by atoms with van der Waals surface area (Å²) in [5.74, 6) is -4.47. The fourth-order valence-corrected chi connectivity index (χ4v) is 1.38. The number of amides is 1. The number of carbonyl (C=O) groups is 1. The van der Waals surface area contributed by atoms with E-state index in [9.17, 15) is 18.0 Å². The lowest BCUT2D eigenvalue weighted by atomic mass is 10.0. The minimum atomic E-state index is -1.22. The summed E-state index contributed by atoms with van der Waals surface area (Å²) in [5, 5.41) is 2.43. The highest BCUT2D eigenvalue weighted by Gasteiger charge is 2.21. The van der Waals surface area contributed by atoms with Crippen LogP contribution in [0.5, 0.6) is 0 Å². The van der Waals surface area contributed by atoms with Gasteiger partial charge in [-0.05, 0) is 19.4 Å². The molecule has 3 N–H and O–H groups in total. The van der Waals surface area contributed by atoms with Gasteiger partial charge in [-0.3, -0.25) is 4.79 Å². The second-order valence-corrected chi connectivity index (χ2v) is 4.22. The minimum absolute atomic E-state index is 0.0412. The van der Waals surface area contributed by atoms with Crippen molar-refractivity contribution in [2.45, 2.75) is 19.9 Å². The maximum atomic E-state index is 13.3. The van der Waals surface area contributed by atoms with E-state index in [1.807, 2.05) is 0 Å². The fourth-order valence-electron chi connectivity index (χ4n) is 1.38. The van der Waals surface area contributed by atoms with Gasteiger partial charge in [-0.2, -0.15) is 0 Å². The van der Waals surface area contributed by atoms with E-state index in [0.29, 0.717) is 18.7 Å². The van der Waals surface area contributed by atoms with Crippen molar-refractivity contribution in [3.63, 3.8) is 0 Å². The molecule has 0 radical (unpaired) electrons. The first-order valence-corrected chi connectivity index (χ1v) is 5.52. The van der Waals surface area contributed by atoms with Gasteiger partial charge in [-0.15, -0.1) is 0 Å². The fraction of sp³-hybridized carbons (Fsp3) is 0.417. The van der Waals surface area contributed by atoms with Gasteiger partial charge in [0.15, 0.2) is 0 Å². The molecule has 0 fully saturated rings. The van der Waals surface area contributed by atoms with Gasteiger partial charge in [0.25, 0.3) is 5.91 Å². The van der Waals surface area contributed by atoms with Gasteiger partial charge in [0.2, 0.25) is 0 Å². The van der Waals surface area contributed by atoms with Crippen molar-refractivity contribution < 1.29 is 18.0 Å². The summed E-state index contributed by atoms with van der Waals surface area (Å²) in [6.07, 6.45) is 0. The van der Waals surface area contributed by atoms with E-state index < -0.39 is 28.9 Å². The average molecular weight is 260 g/mol. The van der Waals surface area contributed by atoms with Crippen LogP contribution in [0.3, 0.4) is 0 Å². The van der Waals surface area contributed by atoms with Gasteiger partial charge in [-0.25, -0.2) is 13.2 Å². The summed E-state index contributed by atoms with van der Waals surface area (Å²) < 4.78 is 39.3. The van der Waals surface area contributed by atoms with E-state index in [0.717, 1.165) is 0 Å². The summed E-state index contributed by atoms with van der Waals surface area (Å²) >= 11 is 0. The van der Waals surface area contributed by atoms with Gasteiger partial charge in [0, 0.05) is 18.2 Å². The standard InChI is InChI=1S/C12H15F3N2O/c1-6(5-16)7(2)17-12(18)11-9(14)3-8(13)4-10(11)15/h3-4,6-7H,5,16H2,1-2H3,(H,17,18). The van der Waals surface area contributed by atoms with Gasteiger partial charge in [-0.1, -0.05) is 6.92 Å². The number of hydrogen-bond acceptors (Lipinski definition) is 2. The number of rotatable bonds is 4. The molecule has 2 atom stereocenters. The monoisotopic (exact) mass is 260 g/mol. The van der Waals surface area contributed by atoms with Crippen molar-refractivity contribution in [1.82, 2.24) is 5.32 Å². The van der Waals surface area contributed by atoms with Crippen LogP contribution in [0.2, 0.25) is 0 Å². The van der Waals surface area contributed by atoms with Crippen LogP contribution in [0, 0.1) is 23.4 Å². The molecule has 100 valence electrons. The Morgan fingerprint density at radius 3 is 2.22 bits per heavy atom. The van der Waals surface area contributed by atoms with Crippen LogP contribution in [0.4, 0.5) is 13.2 Å². The van der Waals surface area contributed by atoms with Gasteiger partial charge in [0.1, 0.15) is 23.0 Å². The molecule has 18 heavy (non-hydrogen) atoms. The van der Waals surface area contributed by atoms with Crippen molar-refractivity contribution in [1.29, 1.82) is 0 Å². The van der Waals surface area contributed by atoms with Crippen LogP contribution >= 0.6 is 0 Å². The Bertz CT molecular complexity index is 428. The second-order valence-electron chi connectivity index (χ2n) is 4.22. The molecule has 0 bridgehead atoms. The third kappa shape index (κ3) is 3.22. The predicted molar refractivity (Wildman–Crippen MR) is 61.5 cm³/mol. The van der Waals surface area contributed by atoms with E-state index >= 15 is 0 Å². The largest absolute Gasteiger partial charge is 0.349 e. The van der Waals surface area contributed by atoms with Crippen LogP contribution in [0.25, 0.3) is 0 Å². The topological polar surface area (TPSA) is 55.1 Å². The molecule has 3 nitrogen and oxygen atoms in total. The van der Waals surface area contributed by atoms with Gasteiger partial charge in [0.05, 0.1) is 0 Å². The molecule has 0 spiro atoms. The second kappa shape index (κ2) is 5.86. The van der Waals surface area contributed by atoms with E-state index in [4.69, 9.17) is 5.73 Å². The maximum absolute atomic E-state index is 13.3. The van der Waals surface area contributed by atoms with Crippen molar-refractivity contribution in [2.75, 3.05) is 6.54 Å². The third-order valence-electron chi connectivity index (χ3n) is 2.82. The molecule has 1 amide bonds. The van der Waals surface area contributed by atoms with E-state index in [2.05, 4.69) is 5.32 Å². The summed E-state index contributed by atoms with van der Waals surface area (Å²) in [4.78, 5) is 11.7. The van der Waals surface area contributed by atoms with E-state index in [1.54, 1.807) is 13.8 Å². The van der Waals surface area contributed by atoms with Gasteiger partial charge < -0.3 is 11.1 Å². The molecule has 0 aromatic heterocycles. The lowest BCUT2D eigenvalue weighted by Gasteiger charge is -2.20. The Labute approximate surface area is 103 Å². The Balaban J connectivity index is 2.92. The molecule has 0 aliphatic heterocycles. The number of halogens is 3. The predicted octanol–water partition coefficient (Wildman–Crippen LogP) is 1.82. The zero-order chi connectivity index (χ0) is 13.9. The molecule has 2 unspecified atom stereocenters. The van der Waals surface area contributed by atoms with Crippen molar-refractivity contribution in [2.24, 2.45) is 11.7 Å². The molecule has 0 saturated heterocycles. The first-order chi connectivity index (χ1) is 8.36. The third-order valence-corrected chi connectivity index (χ3v) is 2.82. The number of carbonyl (C=O) groups excluding carboxylic acids is 1. The molecular weight excluding hydrogens is 245 g/mol. The van der Waals surface area contributed by atoms with Crippen LogP contribution in [-0.4, -0.2) is 18.5 Å². The molecule has 0 saturated carbocycles.